The van der Waals surface area contributed by atoms with Crippen molar-refractivity contribution >= 4 is 11.9 Å². The summed E-state index contributed by atoms with van der Waals surface area (Å²) in [7, 11) is 2.96. The summed E-state index contributed by atoms with van der Waals surface area (Å²) in [5, 5.41) is 0. The lowest BCUT2D eigenvalue weighted by Crippen LogP contribution is -2.38. The van der Waals surface area contributed by atoms with Gasteiger partial charge in [-0.3, -0.25) is 4.79 Å². The fourth-order valence-corrected chi connectivity index (χ4v) is 3.65. The van der Waals surface area contributed by atoms with E-state index in [2.05, 4.69) is 9.97 Å². The first-order chi connectivity index (χ1) is 14.1. The molecule has 0 fully saturated rings. The van der Waals surface area contributed by atoms with E-state index in [-0.39, 0.29) is 11.8 Å². The van der Waals surface area contributed by atoms with Crippen molar-refractivity contribution in [3.05, 3.63) is 82.9 Å². The minimum atomic E-state index is -0.429. The molecule has 148 valence electrons. The number of benzene rings is 2. The quantitative estimate of drug-likeness (QED) is 0.691. The second-order valence-electron chi connectivity index (χ2n) is 6.85. The number of carbonyl (C=O) groups is 2. The average Bonchev–Trinajstić information content (AvgIpc) is 3.26. The van der Waals surface area contributed by atoms with Gasteiger partial charge >= 0.3 is 5.97 Å². The first kappa shape index (κ1) is 18.7. The van der Waals surface area contributed by atoms with Crippen molar-refractivity contribution in [3.63, 3.8) is 0 Å². The Hall–Kier alpha value is -3.61. The number of H-pyrrole nitrogens is 1. The van der Waals surface area contributed by atoms with Gasteiger partial charge in [-0.1, -0.05) is 12.1 Å². The number of imidazole rings is 1. The van der Waals surface area contributed by atoms with Gasteiger partial charge in [-0.2, -0.15) is 0 Å². The Morgan fingerprint density at radius 2 is 1.86 bits per heavy atom. The average molecular weight is 391 g/mol. The number of amides is 1. The fraction of sp³-hybridized carbons (Fsp3) is 0.227. The summed E-state index contributed by atoms with van der Waals surface area (Å²) in [5.41, 5.74) is 3.83. The van der Waals surface area contributed by atoms with Crippen molar-refractivity contribution in [2.24, 2.45) is 0 Å². The van der Waals surface area contributed by atoms with E-state index < -0.39 is 5.97 Å². The van der Waals surface area contributed by atoms with E-state index in [1.54, 1.807) is 42.6 Å². The van der Waals surface area contributed by atoms with E-state index >= 15 is 0 Å². The summed E-state index contributed by atoms with van der Waals surface area (Å²) >= 11 is 0. The molecule has 1 aliphatic heterocycles. The minimum absolute atomic E-state index is 0.0570. The molecular weight excluding hydrogens is 370 g/mol. The van der Waals surface area contributed by atoms with Crippen LogP contribution >= 0.6 is 0 Å². The normalized spacial score (nSPS) is 15.5. The van der Waals surface area contributed by atoms with Crippen LogP contribution in [0, 0.1) is 0 Å². The number of nitrogens with zero attached hydrogens (tertiary/aromatic N) is 2. The van der Waals surface area contributed by atoms with E-state index in [0.717, 1.165) is 22.7 Å². The lowest BCUT2D eigenvalue weighted by Gasteiger charge is -2.32. The molecule has 1 amide bonds. The molecule has 0 saturated heterocycles. The SMILES string of the molecule is COC(=O)c1ccc(C(=O)N2Cc3[nH]cnc3C(c3cccc(OC)c3)C2)cc1. The lowest BCUT2D eigenvalue weighted by molar-refractivity contribution is 0.0599. The van der Waals surface area contributed by atoms with E-state index in [4.69, 9.17) is 9.47 Å². The molecule has 7 heteroatoms. The number of methoxy groups -OCH3 is 2. The maximum atomic E-state index is 13.1. The van der Waals surface area contributed by atoms with E-state index in [1.807, 2.05) is 24.3 Å². The van der Waals surface area contributed by atoms with Crippen LogP contribution in [0.5, 0.6) is 5.75 Å². The standard InChI is InChI=1S/C22H21N3O4/c1-28-17-5-3-4-16(10-17)18-11-25(12-19-20(18)24-13-23-19)21(26)14-6-8-15(9-7-14)22(27)29-2/h3-10,13,18H,11-12H2,1-2H3,(H,23,24). The Morgan fingerprint density at radius 1 is 1.10 bits per heavy atom. The van der Waals surface area contributed by atoms with Gasteiger partial charge in [-0.25, -0.2) is 9.78 Å². The van der Waals surface area contributed by atoms with Crippen molar-refractivity contribution in [1.82, 2.24) is 14.9 Å². The summed E-state index contributed by atoms with van der Waals surface area (Å²) in [4.78, 5) is 34.2. The number of ether oxygens (including phenoxy) is 2. The number of aromatic amines is 1. The smallest absolute Gasteiger partial charge is 0.337 e. The van der Waals surface area contributed by atoms with Gasteiger partial charge in [-0.15, -0.1) is 0 Å². The van der Waals surface area contributed by atoms with Gasteiger partial charge in [0.05, 0.1) is 44.0 Å². The predicted molar refractivity (Wildman–Crippen MR) is 106 cm³/mol. The highest BCUT2D eigenvalue weighted by Gasteiger charge is 2.32. The monoisotopic (exact) mass is 391 g/mol. The molecule has 0 spiro atoms. The third-order valence-corrected chi connectivity index (χ3v) is 5.17. The highest BCUT2D eigenvalue weighted by molar-refractivity contribution is 5.96. The number of hydrogen-bond acceptors (Lipinski definition) is 5. The van der Waals surface area contributed by atoms with Crippen LogP contribution in [0.25, 0.3) is 0 Å². The lowest BCUT2D eigenvalue weighted by atomic mass is 9.90. The zero-order valence-electron chi connectivity index (χ0n) is 16.2. The van der Waals surface area contributed by atoms with Crippen molar-refractivity contribution in [1.29, 1.82) is 0 Å². The van der Waals surface area contributed by atoms with Crippen molar-refractivity contribution < 1.29 is 19.1 Å². The number of fused-ring (bicyclic) bond motifs is 1. The van der Waals surface area contributed by atoms with E-state index in [1.165, 1.54) is 7.11 Å². The fourth-order valence-electron chi connectivity index (χ4n) is 3.65. The van der Waals surface area contributed by atoms with Crippen LogP contribution in [0.4, 0.5) is 0 Å². The third-order valence-electron chi connectivity index (χ3n) is 5.17. The Bertz CT molecular complexity index is 1040. The molecule has 0 bridgehead atoms. The molecule has 4 rings (SSSR count). The van der Waals surface area contributed by atoms with Crippen molar-refractivity contribution in [2.45, 2.75) is 12.5 Å². The van der Waals surface area contributed by atoms with Crippen molar-refractivity contribution in [3.8, 4) is 5.75 Å². The Balaban J connectivity index is 1.62. The van der Waals surface area contributed by atoms with Crippen LogP contribution in [-0.2, 0) is 11.3 Å². The predicted octanol–water partition coefficient (Wildman–Crippen LogP) is 2.99. The van der Waals surface area contributed by atoms with Gasteiger partial charge in [0, 0.05) is 18.0 Å². The van der Waals surface area contributed by atoms with Crippen molar-refractivity contribution in [2.75, 3.05) is 20.8 Å². The number of hydrogen-bond donors (Lipinski definition) is 1. The molecule has 1 aliphatic rings. The van der Waals surface area contributed by atoms with Gasteiger partial charge in [0.25, 0.3) is 5.91 Å². The maximum absolute atomic E-state index is 13.1. The largest absolute Gasteiger partial charge is 0.497 e. The molecule has 3 aromatic rings. The topological polar surface area (TPSA) is 84.5 Å². The van der Waals surface area contributed by atoms with Gasteiger partial charge in [0.1, 0.15) is 5.75 Å². The second kappa shape index (κ2) is 7.79. The summed E-state index contributed by atoms with van der Waals surface area (Å²) in [6.45, 7) is 0.954. The molecule has 2 aromatic carbocycles. The van der Waals surface area contributed by atoms with E-state index in [9.17, 15) is 9.59 Å². The molecule has 29 heavy (non-hydrogen) atoms. The Kier molecular flexibility index (Phi) is 5.03. The molecular formula is C22H21N3O4. The molecule has 1 atom stereocenters. The van der Waals surface area contributed by atoms with Crippen LogP contribution in [-0.4, -0.2) is 47.5 Å². The molecule has 1 unspecified atom stereocenters. The third kappa shape index (κ3) is 3.59. The zero-order chi connectivity index (χ0) is 20.4. The molecule has 0 saturated carbocycles. The second-order valence-corrected chi connectivity index (χ2v) is 6.85. The molecule has 0 radical (unpaired) electrons. The molecule has 2 heterocycles. The minimum Gasteiger partial charge on any atom is -0.497 e. The van der Waals surface area contributed by atoms with Crippen LogP contribution in [0.3, 0.4) is 0 Å². The number of aromatic nitrogens is 2. The Labute approximate surface area is 168 Å². The molecule has 1 N–H and O–H groups in total. The highest BCUT2D eigenvalue weighted by atomic mass is 16.5. The molecule has 0 aliphatic carbocycles. The highest BCUT2D eigenvalue weighted by Crippen LogP contribution is 2.33. The number of nitrogens with one attached hydrogen (secondary N) is 1. The van der Waals surface area contributed by atoms with Gasteiger partial charge in [0.15, 0.2) is 0 Å². The number of esters is 1. The molecule has 1 aromatic heterocycles. The summed E-state index contributed by atoms with van der Waals surface area (Å²) in [5.74, 6) is 0.177. The molecule has 7 nitrogen and oxygen atoms in total. The zero-order valence-corrected chi connectivity index (χ0v) is 16.2. The summed E-state index contributed by atoms with van der Waals surface area (Å²) in [6, 6.07) is 14.3. The van der Waals surface area contributed by atoms with Crippen LogP contribution in [0.15, 0.2) is 54.9 Å². The maximum Gasteiger partial charge on any atom is 0.337 e. The van der Waals surface area contributed by atoms with Crippen LogP contribution in [0.1, 0.15) is 43.6 Å². The van der Waals surface area contributed by atoms with Gasteiger partial charge in [-0.05, 0) is 42.0 Å². The number of carbonyl (C=O) groups excluding carboxylic acids is 2. The van der Waals surface area contributed by atoms with E-state index in [0.29, 0.717) is 24.2 Å². The summed E-state index contributed by atoms with van der Waals surface area (Å²) < 4.78 is 10.1. The number of rotatable bonds is 4. The first-order valence-electron chi connectivity index (χ1n) is 9.24. The van der Waals surface area contributed by atoms with Crippen LogP contribution in [0.2, 0.25) is 0 Å². The van der Waals surface area contributed by atoms with Crippen LogP contribution < -0.4 is 4.74 Å². The van der Waals surface area contributed by atoms with Gasteiger partial charge < -0.3 is 19.4 Å². The summed E-state index contributed by atoms with van der Waals surface area (Å²) in [6.07, 6.45) is 1.66. The first-order valence-corrected chi connectivity index (χ1v) is 9.24. The van der Waals surface area contributed by atoms with Gasteiger partial charge in [0.2, 0.25) is 0 Å². The Morgan fingerprint density at radius 3 is 2.59 bits per heavy atom.